The standard InChI is InChI=1S/C22H18BrFN2O3S/c23-18-5-3-4-17(12-18)13-25-15-22(27)26(14-16-8-10-19(24)11-9-16)20-6-1-2-7-21(20)30(25,28)29/h1-12H,13-15H2. The number of benzene rings is 3. The van der Waals surface area contributed by atoms with Crippen LogP contribution in [-0.4, -0.2) is 25.2 Å². The van der Waals surface area contributed by atoms with Crippen molar-refractivity contribution in [2.45, 2.75) is 18.0 Å². The van der Waals surface area contributed by atoms with Gasteiger partial charge in [0.05, 0.1) is 18.8 Å². The van der Waals surface area contributed by atoms with Gasteiger partial charge in [-0.15, -0.1) is 0 Å². The van der Waals surface area contributed by atoms with E-state index in [1.165, 1.54) is 27.4 Å². The summed E-state index contributed by atoms with van der Waals surface area (Å²) in [4.78, 5) is 14.7. The highest BCUT2D eigenvalue weighted by molar-refractivity contribution is 9.10. The third-order valence-electron chi connectivity index (χ3n) is 4.89. The highest BCUT2D eigenvalue weighted by Gasteiger charge is 2.36. The van der Waals surface area contributed by atoms with Crippen LogP contribution in [-0.2, 0) is 27.9 Å². The number of para-hydroxylation sites is 1. The van der Waals surface area contributed by atoms with Gasteiger partial charge in [-0.1, -0.05) is 52.3 Å². The number of halogens is 2. The fraction of sp³-hybridized carbons (Fsp3) is 0.136. The lowest BCUT2D eigenvalue weighted by atomic mass is 10.2. The number of hydrogen-bond acceptors (Lipinski definition) is 3. The number of sulfonamides is 1. The Balaban J connectivity index is 1.74. The minimum absolute atomic E-state index is 0.0756. The van der Waals surface area contributed by atoms with E-state index in [-0.39, 0.29) is 36.3 Å². The maximum absolute atomic E-state index is 13.4. The number of amides is 1. The molecule has 1 amide bonds. The minimum atomic E-state index is -3.90. The summed E-state index contributed by atoms with van der Waals surface area (Å²) in [6.07, 6.45) is 0. The van der Waals surface area contributed by atoms with Crippen molar-refractivity contribution in [3.05, 3.63) is 94.2 Å². The van der Waals surface area contributed by atoms with Crippen LogP contribution in [0.15, 0.2) is 82.2 Å². The number of carbonyl (C=O) groups excluding carboxylic acids is 1. The highest BCUT2D eigenvalue weighted by Crippen LogP contribution is 2.33. The summed E-state index contributed by atoms with van der Waals surface area (Å²) in [7, 11) is -3.90. The molecule has 1 aliphatic rings. The molecule has 0 spiro atoms. The first-order valence-corrected chi connectivity index (χ1v) is 11.5. The average molecular weight is 489 g/mol. The second-order valence-corrected chi connectivity index (χ2v) is 9.80. The molecule has 30 heavy (non-hydrogen) atoms. The summed E-state index contributed by atoms with van der Waals surface area (Å²) in [5, 5.41) is 0. The van der Waals surface area contributed by atoms with Gasteiger partial charge in [0.2, 0.25) is 15.9 Å². The Morgan fingerprint density at radius 1 is 0.900 bits per heavy atom. The second-order valence-electron chi connectivity index (χ2n) is 6.98. The molecule has 0 N–H and O–H groups in total. The summed E-state index contributed by atoms with van der Waals surface area (Å²) in [5.74, 6) is -0.716. The van der Waals surface area contributed by atoms with E-state index in [1.54, 1.807) is 30.3 Å². The van der Waals surface area contributed by atoms with Crippen molar-refractivity contribution in [1.29, 1.82) is 0 Å². The molecule has 8 heteroatoms. The lowest BCUT2D eigenvalue weighted by molar-refractivity contribution is -0.119. The van der Waals surface area contributed by atoms with Crippen LogP contribution in [0.25, 0.3) is 0 Å². The van der Waals surface area contributed by atoms with E-state index < -0.39 is 10.0 Å². The van der Waals surface area contributed by atoms with E-state index in [4.69, 9.17) is 0 Å². The van der Waals surface area contributed by atoms with Gasteiger partial charge in [-0.05, 0) is 47.5 Å². The Labute approximate surface area is 182 Å². The molecule has 0 aromatic heterocycles. The smallest absolute Gasteiger partial charge is 0.245 e. The molecule has 4 rings (SSSR count). The molecule has 0 aliphatic carbocycles. The zero-order chi connectivity index (χ0) is 21.3. The van der Waals surface area contributed by atoms with Crippen LogP contribution in [0.3, 0.4) is 0 Å². The van der Waals surface area contributed by atoms with Crippen molar-refractivity contribution in [3.8, 4) is 0 Å². The van der Waals surface area contributed by atoms with Crippen LogP contribution < -0.4 is 4.90 Å². The molecule has 0 saturated carbocycles. The summed E-state index contributed by atoms with van der Waals surface area (Å²) >= 11 is 3.39. The minimum Gasteiger partial charge on any atom is -0.305 e. The van der Waals surface area contributed by atoms with E-state index in [0.717, 1.165) is 10.0 Å². The lowest BCUT2D eigenvalue weighted by Gasteiger charge is -2.22. The maximum atomic E-state index is 13.4. The largest absolute Gasteiger partial charge is 0.305 e. The molecule has 0 bridgehead atoms. The fourth-order valence-electron chi connectivity index (χ4n) is 3.42. The lowest BCUT2D eigenvalue weighted by Crippen LogP contribution is -2.38. The first-order valence-electron chi connectivity index (χ1n) is 9.23. The number of anilines is 1. The Bertz CT molecular complexity index is 1200. The number of nitrogens with zero attached hydrogens (tertiary/aromatic N) is 2. The summed E-state index contributed by atoms with van der Waals surface area (Å²) in [6.45, 7) is -0.0622. The van der Waals surface area contributed by atoms with Gasteiger partial charge in [-0.3, -0.25) is 4.79 Å². The van der Waals surface area contributed by atoms with Gasteiger partial charge in [0.25, 0.3) is 0 Å². The van der Waals surface area contributed by atoms with Gasteiger partial charge < -0.3 is 4.90 Å². The quantitative estimate of drug-likeness (QED) is 0.549. The van der Waals surface area contributed by atoms with E-state index in [1.807, 2.05) is 24.3 Å². The SMILES string of the molecule is O=C1CN(Cc2cccc(Br)c2)S(=O)(=O)c2ccccc2N1Cc1ccc(F)cc1. The van der Waals surface area contributed by atoms with Gasteiger partial charge in [0.1, 0.15) is 10.7 Å². The van der Waals surface area contributed by atoms with Crippen molar-refractivity contribution >= 4 is 37.5 Å². The fourth-order valence-corrected chi connectivity index (χ4v) is 5.44. The van der Waals surface area contributed by atoms with Gasteiger partial charge in [-0.25, -0.2) is 12.8 Å². The first-order chi connectivity index (χ1) is 14.3. The molecule has 154 valence electrons. The molecule has 3 aromatic rings. The van der Waals surface area contributed by atoms with Crippen LogP contribution in [0, 0.1) is 5.82 Å². The average Bonchev–Trinajstić information content (AvgIpc) is 2.79. The van der Waals surface area contributed by atoms with Crippen LogP contribution in [0.5, 0.6) is 0 Å². The number of carbonyl (C=O) groups is 1. The molecule has 0 saturated heterocycles. The monoisotopic (exact) mass is 488 g/mol. The first kappa shape index (κ1) is 20.7. The van der Waals surface area contributed by atoms with Crippen LogP contribution in [0.1, 0.15) is 11.1 Å². The number of rotatable bonds is 4. The summed E-state index contributed by atoms with van der Waals surface area (Å²) < 4.78 is 42.1. The predicted octanol–water partition coefficient (Wildman–Crippen LogP) is 4.33. The Hall–Kier alpha value is -2.55. The Kier molecular flexibility index (Phi) is 5.73. The van der Waals surface area contributed by atoms with E-state index >= 15 is 0 Å². The summed E-state index contributed by atoms with van der Waals surface area (Å²) in [5.41, 5.74) is 1.80. The van der Waals surface area contributed by atoms with Gasteiger partial charge >= 0.3 is 0 Å². The highest BCUT2D eigenvalue weighted by atomic mass is 79.9. The molecule has 1 heterocycles. The summed E-state index contributed by atoms with van der Waals surface area (Å²) in [6, 6.07) is 19.6. The van der Waals surface area contributed by atoms with Crippen molar-refractivity contribution in [2.75, 3.05) is 11.4 Å². The molecule has 0 atom stereocenters. The zero-order valence-electron chi connectivity index (χ0n) is 15.8. The topological polar surface area (TPSA) is 57.7 Å². The number of hydrogen-bond donors (Lipinski definition) is 0. The van der Waals surface area contributed by atoms with Gasteiger partial charge in [-0.2, -0.15) is 4.31 Å². The molecular formula is C22H18BrFN2O3S. The molecule has 1 aliphatic heterocycles. The third kappa shape index (κ3) is 4.16. The maximum Gasteiger partial charge on any atom is 0.245 e. The van der Waals surface area contributed by atoms with Gasteiger partial charge in [0, 0.05) is 11.0 Å². The Morgan fingerprint density at radius 3 is 2.37 bits per heavy atom. The van der Waals surface area contributed by atoms with Gasteiger partial charge in [0.15, 0.2) is 0 Å². The number of fused-ring (bicyclic) bond motifs is 1. The van der Waals surface area contributed by atoms with Crippen LogP contribution in [0.4, 0.5) is 10.1 Å². The van der Waals surface area contributed by atoms with Crippen molar-refractivity contribution in [2.24, 2.45) is 0 Å². The molecule has 5 nitrogen and oxygen atoms in total. The van der Waals surface area contributed by atoms with E-state index in [9.17, 15) is 17.6 Å². The molecule has 3 aromatic carbocycles. The molecule has 0 unspecified atom stereocenters. The molecular weight excluding hydrogens is 471 g/mol. The predicted molar refractivity (Wildman–Crippen MR) is 116 cm³/mol. The van der Waals surface area contributed by atoms with Crippen LogP contribution in [0.2, 0.25) is 0 Å². The van der Waals surface area contributed by atoms with Crippen molar-refractivity contribution in [1.82, 2.24) is 4.31 Å². The third-order valence-corrected chi connectivity index (χ3v) is 7.22. The second kappa shape index (κ2) is 8.29. The van der Waals surface area contributed by atoms with Crippen molar-refractivity contribution in [3.63, 3.8) is 0 Å². The molecule has 0 radical (unpaired) electrons. The van der Waals surface area contributed by atoms with E-state index in [2.05, 4.69) is 15.9 Å². The Morgan fingerprint density at radius 2 is 1.63 bits per heavy atom. The van der Waals surface area contributed by atoms with E-state index in [0.29, 0.717) is 11.3 Å². The zero-order valence-corrected chi connectivity index (χ0v) is 18.2. The van der Waals surface area contributed by atoms with Crippen LogP contribution >= 0.6 is 15.9 Å². The normalized spacial score (nSPS) is 16.2. The van der Waals surface area contributed by atoms with Crippen molar-refractivity contribution < 1.29 is 17.6 Å². The molecule has 0 fully saturated rings.